The van der Waals surface area contributed by atoms with Crippen LogP contribution in [-0.4, -0.2) is 17.1 Å². The minimum Gasteiger partial charge on any atom is -0.488 e. The number of amides is 1. The summed E-state index contributed by atoms with van der Waals surface area (Å²) in [4.78, 5) is 24.3. The molecule has 0 unspecified atom stereocenters. The molecule has 0 atom stereocenters. The molecule has 0 aliphatic rings. The van der Waals surface area contributed by atoms with E-state index in [4.69, 9.17) is 4.74 Å². The van der Waals surface area contributed by atoms with Crippen LogP contribution < -0.4 is 15.6 Å². The lowest BCUT2D eigenvalue weighted by Gasteiger charge is -2.19. The van der Waals surface area contributed by atoms with Gasteiger partial charge >= 0.3 is 0 Å². The predicted octanol–water partition coefficient (Wildman–Crippen LogP) is 3.18. The Morgan fingerprint density at radius 2 is 1.83 bits per heavy atom. The van der Waals surface area contributed by atoms with Crippen LogP contribution in [0.15, 0.2) is 47.4 Å². The predicted molar refractivity (Wildman–Crippen MR) is 95.6 cm³/mol. The summed E-state index contributed by atoms with van der Waals surface area (Å²) in [5.74, 6) is -0.00316. The van der Waals surface area contributed by atoms with Gasteiger partial charge in [-0.2, -0.15) is 0 Å². The van der Waals surface area contributed by atoms with Crippen LogP contribution in [0, 0.1) is 0 Å². The molecular weight excluding hydrogens is 304 g/mol. The zero-order valence-corrected chi connectivity index (χ0v) is 14.6. The molecule has 0 saturated carbocycles. The van der Waals surface area contributed by atoms with Gasteiger partial charge in [-0.05, 0) is 42.2 Å². The first-order valence-electron chi connectivity index (χ1n) is 8.04. The molecule has 0 aliphatic carbocycles. The van der Waals surface area contributed by atoms with E-state index in [1.807, 2.05) is 31.2 Å². The second-order valence-electron chi connectivity index (χ2n) is 6.61. The number of ether oxygens (including phenoxy) is 1. The summed E-state index contributed by atoms with van der Waals surface area (Å²) >= 11 is 0. The molecule has 0 bridgehead atoms. The molecule has 0 radical (unpaired) electrons. The summed E-state index contributed by atoms with van der Waals surface area (Å²) < 4.78 is 6.59. The van der Waals surface area contributed by atoms with Gasteiger partial charge in [-0.15, -0.1) is 0 Å². The SMILES string of the molecule is CCOc1cccn(CC(=O)Nc2ccc(C(C)(C)C)cc2)c1=O. The maximum absolute atomic E-state index is 12.2. The molecule has 1 N–H and O–H groups in total. The minimum atomic E-state index is -0.308. The molecule has 1 aromatic carbocycles. The average molecular weight is 328 g/mol. The highest BCUT2D eigenvalue weighted by molar-refractivity contribution is 5.90. The van der Waals surface area contributed by atoms with E-state index >= 15 is 0 Å². The Balaban J connectivity index is 2.06. The zero-order valence-electron chi connectivity index (χ0n) is 14.6. The normalized spacial score (nSPS) is 11.2. The van der Waals surface area contributed by atoms with Crippen LogP contribution in [0.2, 0.25) is 0 Å². The van der Waals surface area contributed by atoms with Crippen molar-refractivity contribution in [2.75, 3.05) is 11.9 Å². The molecule has 0 spiro atoms. The summed E-state index contributed by atoms with van der Waals surface area (Å²) in [6, 6.07) is 11.0. The second kappa shape index (κ2) is 7.34. The van der Waals surface area contributed by atoms with Crippen LogP contribution in [0.5, 0.6) is 5.75 Å². The molecule has 5 nitrogen and oxygen atoms in total. The number of rotatable bonds is 5. The lowest BCUT2D eigenvalue weighted by Crippen LogP contribution is -2.28. The second-order valence-corrected chi connectivity index (χ2v) is 6.61. The maximum atomic E-state index is 12.2. The van der Waals surface area contributed by atoms with E-state index in [1.54, 1.807) is 18.3 Å². The van der Waals surface area contributed by atoms with E-state index in [2.05, 4.69) is 26.1 Å². The van der Waals surface area contributed by atoms with Gasteiger partial charge in [0.15, 0.2) is 5.75 Å². The van der Waals surface area contributed by atoms with Crippen LogP contribution in [0.1, 0.15) is 33.3 Å². The molecule has 0 saturated heterocycles. The number of nitrogens with one attached hydrogen (secondary N) is 1. The third kappa shape index (κ3) is 4.47. The van der Waals surface area contributed by atoms with E-state index in [-0.39, 0.29) is 29.2 Å². The Bertz CT molecular complexity index is 755. The molecule has 0 aliphatic heterocycles. The van der Waals surface area contributed by atoms with Gasteiger partial charge in [-0.3, -0.25) is 9.59 Å². The average Bonchev–Trinajstić information content (AvgIpc) is 2.51. The van der Waals surface area contributed by atoms with Crippen molar-refractivity contribution in [3.05, 3.63) is 58.5 Å². The summed E-state index contributed by atoms with van der Waals surface area (Å²) in [5, 5.41) is 2.81. The van der Waals surface area contributed by atoms with E-state index in [9.17, 15) is 9.59 Å². The Morgan fingerprint density at radius 3 is 2.42 bits per heavy atom. The van der Waals surface area contributed by atoms with Gasteiger partial charge in [0.25, 0.3) is 5.56 Å². The lowest BCUT2D eigenvalue weighted by atomic mass is 9.87. The fraction of sp³-hybridized carbons (Fsp3) is 0.368. The molecule has 128 valence electrons. The fourth-order valence-corrected chi connectivity index (χ4v) is 2.31. The molecule has 2 aromatic rings. The van der Waals surface area contributed by atoms with E-state index in [1.165, 1.54) is 10.1 Å². The van der Waals surface area contributed by atoms with Gasteiger partial charge in [-0.1, -0.05) is 32.9 Å². The highest BCUT2D eigenvalue weighted by Crippen LogP contribution is 2.23. The van der Waals surface area contributed by atoms with Crippen LogP contribution in [0.4, 0.5) is 5.69 Å². The number of nitrogens with zero attached hydrogens (tertiary/aromatic N) is 1. The highest BCUT2D eigenvalue weighted by Gasteiger charge is 2.13. The number of hydrogen-bond acceptors (Lipinski definition) is 3. The standard InChI is InChI=1S/C19H24N2O3/c1-5-24-16-7-6-12-21(18(16)23)13-17(22)20-15-10-8-14(9-11-15)19(2,3)4/h6-12H,5,13H2,1-4H3,(H,20,22). The van der Waals surface area contributed by atoms with Gasteiger partial charge in [0, 0.05) is 11.9 Å². The van der Waals surface area contributed by atoms with Crippen molar-refractivity contribution in [3.63, 3.8) is 0 Å². The first-order chi connectivity index (χ1) is 11.3. The number of carbonyl (C=O) groups is 1. The van der Waals surface area contributed by atoms with Crippen molar-refractivity contribution in [3.8, 4) is 5.75 Å². The van der Waals surface area contributed by atoms with E-state index in [0.717, 1.165) is 0 Å². The van der Waals surface area contributed by atoms with Crippen molar-refractivity contribution in [2.24, 2.45) is 0 Å². The van der Waals surface area contributed by atoms with Crippen molar-refractivity contribution in [2.45, 2.75) is 39.7 Å². The molecule has 24 heavy (non-hydrogen) atoms. The first-order valence-corrected chi connectivity index (χ1v) is 8.04. The first kappa shape index (κ1) is 17.8. The van der Waals surface area contributed by atoms with Crippen molar-refractivity contribution in [1.29, 1.82) is 0 Å². The number of benzene rings is 1. The Hall–Kier alpha value is -2.56. The largest absolute Gasteiger partial charge is 0.488 e. The fourth-order valence-electron chi connectivity index (χ4n) is 2.31. The number of carbonyl (C=O) groups excluding carboxylic acids is 1. The number of hydrogen-bond donors (Lipinski definition) is 1. The monoisotopic (exact) mass is 328 g/mol. The zero-order chi connectivity index (χ0) is 17.7. The molecule has 1 amide bonds. The minimum absolute atomic E-state index is 0.0548. The molecule has 5 heteroatoms. The quantitative estimate of drug-likeness (QED) is 0.917. The van der Waals surface area contributed by atoms with Crippen molar-refractivity contribution >= 4 is 11.6 Å². The van der Waals surface area contributed by atoms with Crippen LogP contribution in [-0.2, 0) is 16.8 Å². The van der Waals surface area contributed by atoms with Gasteiger partial charge < -0.3 is 14.6 Å². The summed E-state index contributed by atoms with van der Waals surface area (Å²) in [7, 11) is 0. The lowest BCUT2D eigenvalue weighted by molar-refractivity contribution is -0.116. The van der Waals surface area contributed by atoms with Gasteiger partial charge in [0.1, 0.15) is 6.54 Å². The summed E-state index contributed by atoms with van der Waals surface area (Å²) in [6.45, 7) is 8.58. The van der Waals surface area contributed by atoms with Crippen molar-refractivity contribution in [1.82, 2.24) is 4.57 Å². The summed E-state index contributed by atoms with van der Waals surface area (Å²) in [5.41, 5.74) is 1.66. The third-order valence-corrected chi connectivity index (χ3v) is 3.63. The summed E-state index contributed by atoms with van der Waals surface area (Å²) in [6.07, 6.45) is 1.58. The van der Waals surface area contributed by atoms with Gasteiger partial charge in [-0.25, -0.2) is 0 Å². The molecule has 0 fully saturated rings. The van der Waals surface area contributed by atoms with Crippen LogP contribution in [0.3, 0.4) is 0 Å². The van der Waals surface area contributed by atoms with Crippen LogP contribution in [0.25, 0.3) is 0 Å². The number of aromatic nitrogens is 1. The molecule has 1 aromatic heterocycles. The maximum Gasteiger partial charge on any atom is 0.293 e. The number of pyridine rings is 1. The highest BCUT2D eigenvalue weighted by atomic mass is 16.5. The smallest absolute Gasteiger partial charge is 0.293 e. The van der Waals surface area contributed by atoms with Crippen LogP contribution >= 0.6 is 0 Å². The molecular formula is C19H24N2O3. The number of anilines is 1. The third-order valence-electron chi connectivity index (χ3n) is 3.63. The van der Waals surface area contributed by atoms with Gasteiger partial charge in [0.05, 0.1) is 6.61 Å². The van der Waals surface area contributed by atoms with E-state index in [0.29, 0.717) is 12.3 Å². The topological polar surface area (TPSA) is 60.3 Å². The molecule has 1 heterocycles. The van der Waals surface area contributed by atoms with E-state index < -0.39 is 0 Å². The van der Waals surface area contributed by atoms with Gasteiger partial charge in [0.2, 0.25) is 5.91 Å². The molecule has 2 rings (SSSR count). The Kier molecular flexibility index (Phi) is 5.44. The van der Waals surface area contributed by atoms with Crippen molar-refractivity contribution < 1.29 is 9.53 Å². The Labute approximate surface area is 142 Å². The Morgan fingerprint density at radius 1 is 1.17 bits per heavy atom.